The van der Waals surface area contributed by atoms with Crippen molar-refractivity contribution in [3.05, 3.63) is 22.0 Å². The molecule has 7 nitrogen and oxygen atoms in total. The molecule has 130 valence electrons. The standard InChI is InChI=1S/C14H22F2N4O3/c15-14(16)13-12(20(21)22)8-19(18-13)11-4-2-10(3-5-11)9-23-7-1-6-17/h8,10-11,14H,1-7,9,17H2. The molecule has 0 radical (unpaired) electrons. The Labute approximate surface area is 132 Å². The number of ether oxygens (including phenoxy) is 1. The zero-order valence-corrected chi connectivity index (χ0v) is 12.9. The van der Waals surface area contributed by atoms with Crippen LogP contribution in [0.5, 0.6) is 0 Å². The molecule has 0 amide bonds. The molecule has 1 aromatic rings. The van der Waals surface area contributed by atoms with Gasteiger partial charge in [0.05, 0.1) is 11.0 Å². The number of alkyl halides is 2. The van der Waals surface area contributed by atoms with Gasteiger partial charge in [-0.3, -0.25) is 14.8 Å². The van der Waals surface area contributed by atoms with E-state index < -0.39 is 22.7 Å². The summed E-state index contributed by atoms with van der Waals surface area (Å²) in [6.07, 6.45) is 2.32. The maximum absolute atomic E-state index is 12.8. The first kappa shape index (κ1) is 17.7. The minimum absolute atomic E-state index is 0.0681. The topological polar surface area (TPSA) is 96.2 Å². The molecule has 1 saturated carbocycles. The van der Waals surface area contributed by atoms with Crippen LogP contribution in [-0.2, 0) is 4.74 Å². The summed E-state index contributed by atoms with van der Waals surface area (Å²) in [6, 6.07) is -0.0681. The number of hydrogen-bond donors (Lipinski definition) is 1. The summed E-state index contributed by atoms with van der Waals surface area (Å²) in [5.41, 5.74) is 4.04. The monoisotopic (exact) mass is 332 g/mol. The van der Waals surface area contributed by atoms with Gasteiger partial charge in [-0.2, -0.15) is 5.10 Å². The summed E-state index contributed by atoms with van der Waals surface area (Å²) in [7, 11) is 0. The largest absolute Gasteiger partial charge is 0.381 e. The zero-order chi connectivity index (χ0) is 16.8. The summed E-state index contributed by atoms with van der Waals surface area (Å²) in [5.74, 6) is 0.434. The number of nitro groups is 1. The van der Waals surface area contributed by atoms with Gasteiger partial charge in [-0.05, 0) is 44.6 Å². The highest BCUT2D eigenvalue weighted by molar-refractivity contribution is 5.33. The summed E-state index contributed by atoms with van der Waals surface area (Å²) >= 11 is 0. The van der Waals surface area contributed by atoms with Crippen molar-refractivity contribution in [2.24, 2.45) is 11.7 Å². The Morgan fingerprint density at radius 2 is 2.13 bits per heavy atom. The van der Waals surface area contributed by atoms with Crippen LogP contribution in [0.3, 0.4) is 0 Å². The second kappa shape index (κ2) is 8.30. The van der Waals surface area contributed by atoms with Gasteiger partial charge in [0.1, 0.15) is 6.20 Å². The number of aromatic nitrogens is 2. The molecule has 9 heteroatoms. The quantitative estimate of drug-likeness (QED) is 0.448. The average Bonchev–Trinajstić information content (AvgIpc) is 2.98. The van der Waals surface area contributed by atoms with E-state index in [-0.39, 0.29) is 6.04 Å². The molecule has 2 N–H and O–H groups in total. The predicted octanol–water partition coefficient (Wildman–Crippen LogP) is 2.83. The van der Waals surface area contributed by atoms with Gasteiger partial charge in [-0.1, -0.05) is 0 Å². The summed E-state index contributed by atoms with van der Waals surface area (Å²) < 4.78 is 32.5. The SMILES string of the molecule is NCCCOCC1CCC(n2cc([N+](=O)[O-])c(C(F)F)n2)CC1. The minimum atomic E-state index is -2.94. The summed E-state index contributed by atoms with van der Waals surface area (Å²) in [5, 5.41) is 14.6. The van der Waals surface area contributed by atoms with Crippen LogP contribution in [0.2, 0.25) is 0 Å². The molecule has 1 fully saturated rings. The van der Waals surface area contributed by atoms with Crippen LogP contribution in [-0.4, -0.2) is 34.5 Å². The lowest BCUT2D eigenvalue weighted by Gasteiger charge is -2.28. The second-order valence-electron chi connectivity index (χ2n) is 5.83. The molecule has 23 heavy (non-hydrogen) atoms. The first-order valence-electron chi connectivity index (χ1n) is 7.82. The third kappa shape index (κ3) is 4.68. The molecule has 1 aliphatic carbocycles. The normalized spacial score (nSPS) is 21.7. The van der Waals surface area contributed by atoms with Gasteiger partial charge in [0, 0.05) is 13.2 Å². The van der Waals surface area contributed by atoms with E-state index in [1.165, 1.54) is 4.68 Å². The van der Waals surface area contributed by atoms with Crippen LogP contribution in [0, 0.1) is 16.0 Å². The maximum Gasteiger partial charge on any atom is 0.316 e. The van der Waals surface area contributed by atoms with Gasteiger partial charge in [-0.15, -0.1) is 0 Å². The molecule has 0 bridgehead atoms. The third-order valence-corrected chi connectivity index (χ3v) is 4.18. The van der Waals surface area contributed by atoms with Crippen LogP contribution in [0.15, 0.2) is 6.20 Å². The van der Waals surface area contributed by atoms with Crippen LogP contribution < -0.4 is 5.73 Å². The molecule has 0 saturated heterocycles. The molecule has 0 spiro atoms. The fraction of sp³-hybridized carbons (Fsp3) is 0.786. The molecule has 0 aliphatic heterocycles. The van der Waals surface area contributed by atoms with Crippen molar-refractivity contribution in [2.45, 2.75) is 44.6 Å². The fourth-order valence-electron chi connectivity index (χ4n) is 2.89. The second-order valence-corrected chi connectivity index (χ2v) is 5.83. The van der Waals surface area contributed by atoms with Crippen LogP contribution >= 0.6 is 0 Å². The zero-order valence-electron chi connectivity index (χ0n) is 12.9. The summed E-state index contributed by atoms with van der Waals surface area (Å²) in [6.45, 7) is 1.94. The Balaban J connectivity index is 1.90. The smallest absolute Gasteiger partial charge is 0.316 e. The first-order chi connectivity index (χ1) is 11.0. The lowest BCUT2D eigenvalue weighted by Crippen LogP contribution is -2.22. The van der Waals surface area contributed by atoms with Crippen molar-refractivity contribution < 1.29 is 18.4 Å². The lowest BCUT2D eigenvalue weighted by molar-refractivity contribution is -0.386. The number of nitrogens with two attached hydrogens (primary N) is 1. The molecule has 1 aromatic heterocycles. The Kier molecular flexibility index (Phi) is 6.40. The van der Waals surface area contributed by atoms with E-state index in [1.807, 2.05) is 0 Å². The average molecular weight is 332 g/mol. The van der Waals surface area contributed by atoms with Crippen molar-refractivity contribution in [1.82, 2.24) is 9.78 Å². The maximum atomic E-state index is 12.8. The Bertz CT molecular complexity index is 516. The van der Waals surface area contributed by atoms with E-state index >= 15 is 0 Å². The Hall–Kier alpha value is -1.61. The van der Waals surface area contributed by atoms with Gasteiger partial charge < -0.3 is 10.5 Å². The highest BCUT2D eigenvalue weighted by atomic mass is 19.3. The van der Waals surface area contributed by atoms with Gasteiger partial charge in [0.2, 0.25) is 5.69 Å². The number of hydrogen-bond acceptors (Lipinski definition) is 5. The molecule has 1 heterocycles. The van der Waals surface area contributed by atoms with E-state index in [0.29, 0.717) is 25.7 Å². The molecular weight excluding hydrogens is 310 g/mol. The Morgan fingerprint density at radius 1 is 1.43 bits per heavy atom. The number of rotatable bonds is 8. The molecule has 0 unspecified atom stereocenters. The van der Waals surface area contributed by atoms with Gasteiger partial charge in [0.25, 0.3) is 6.43 Å². The minimum Gasteiger partial charge on any atom is -0.381 e. The van der Waals surface area contributed by atoms with Crippen LogP contribution in [0.25, 0.3) is 0 Å². The Morgan fingerprint density at radius 3 is 2.65 bits per heavy atom. The van der Waals surface area contributed by atoms with Crippen molar-refractivity contribution in [3.8, 4) is 0 Å². The predicted molar refractivity (Wildman–Crippen MR) is 79.3 cm³/mol. The van der Waals surface area contributed by atoms with Crippen LogP contribution in [0.4, 0.5) is 14.5 Å². The highest BCUT2D eigenvalue weighted by Gasteiger charge is 2.30. The van der Waals surface area contributed by atoms with E-state index in [0.717, 1.165) is 38.3 Å². The van der Waals surface area contributed by atoms with E-state index in [4.69, 9.17) is 10.5 Å². The highest BCUT2D eigenvalue weighted by Crippen LogP contribution is 2.35. The van der Waals surface area contributed by atoms with Crippen molar-refractivity contribution >= 4 is 5.69 Å². The van der Waals surface area contributed by atoms with E-state index in [2.05, 4.69) is 5.10 Å². The van der Waals surface area contributed by atoms with Crippen LogP contribution in [0.1, 0.15) is 50.3 Å². The first-order valence-corrected chi connectivity index (χ1v) is 7.82. The van der Waals surface area contributed by atoms with Crippen molar-refractivity contribution in [3.63, 3.8) is 0 Å². The lowest BCUT2D eigenvalue weighted by atomic mass is 9.86. The third-order valence-electron chi connectivity index (χ3n) is 4.18. The number of halogens is 2. The summed E-state index contributed by atoms with van der Waals surface area (Å²) in [4.78, 5) is 10.0. The van der Waals surface area contributed by atoms with E-state index in [9.17, 15) is 18.9 Å². The molecule has 0 aromatic carbocycles. The molecule has 1 aliphatic rings. The van der Waals surface area contributed by atoms with Gasteiger partial charge >= 0.3 is 5.69 Å². The van der Waals surface area contributed by atoms with Crippen molar-refractivity contribution in [1.29, 1.82) is 0 Å². The van der Waals surface area contributed by atoms with Crippen molar-refractivity contribution in [2.75, 3.05) is 19.8 Å². The van der Waals surface area contributed by atoms with Gasteiger partial charge in [-0.25, -0.2) is 8.78 Å². The van der Waals surface area contributed by atoms with E-state index in [1.54, 1.807) is 0 Å². The van der Waals surface area contributed by atoms with Gasteiger partial charge in [0.15, 0.2) is 0 Å². The molecule has 0 atom stereocenters. The molecular formula is C14H22F2N4O3. The molecule has 2 rings (SSSR count). The fourth-order valence-corrected chi connectivity index (χ4v) is 2.89. The number of nitrogens with zero attached hydrogens (tertiary/aromatic N) is 3.